The number of fused-ring (bicyclic) bond motifs is 1. The number of benzene rings is 2. The average molecular weight is 609 g/mol. The highest BCUT2D eigenvalue weighted by molar-refractivity contribution is 7.92. The number of H-pyrrole nitrogens is 1. The van der Waals surface area contributed by atoms with Gasteiger partial charge in [0, 0.05) is 12.1 Å². The highest BCUT2D eigenvalue weighted by Crippen LogP contribution is 2.41. The molecule has 2 N–H and O–H groups in total. The minimum Gasteiger partial charge on any atom is -0.486 e. The third-order valence-corrected chi connectivity index (χ3v) is 7.77. The van der Waals surface area contributed by atoms with Gasteiger partial charge in [-0.1, -0.05) is 11.3 Å². The third-order valence-electron chi connectivity index (χ3n) is 6.00. The van der Waals surface area contributed by atoms with E-state index in [2.05, 4.69) is 30.7 Å². The molecule has 1 unspecified atom stereocenters. The first-order valence-electron chi connectivity index (χ1n) is 11.8. The maximum atomic E-state index is 13.7. The summed E-state index contributed by atoms with van der Waals surface area (Å²) in [6.07, 6.45) is -11.6. The highest BCUT2D eigenvalue weighted by Gasteiger charge is 2.51. The zero-order chi connectivity index (χ0) is 30.2. The van der Waals surface area contributed by atoms with Gasteiger partial charge in [0.05, 0.1) is 22.7 Å². The van der Waals surface area contributed by atoms with Crippen molar-refractivity contribution in [1.82, 2.24) is 20.6 Å². The van der Waals surface area contributed by atoms with Crippen LogP contribution in [0.5, 0.6) is 5.75 Å². The van der Waals surface area contributed by atoms with E-state index in [-0.39, 0.29) is 36.5 Å². The molecule has 1 atom stereocenters. The number of aromatic amines is 1. The largest absolute Gasteiger partial charge is 0.486 e. The van der Waals surface area contributed by atoms with Crippen molar-refractivity contribution in [3.05, 3.63) is 53.9 Å². The number of nitrogens with zero attached hydrogens (tertiary/aromatic N) is 4. The van der Waals surface area contributed by atoms with Crippen molar-refractivity contribution in [2.75, 3.05) is 16.2 Å². The van der Waals surface area contributed by atoms with Gasteiger partial charge in [-0.2, -0.15) is 31.6 Å². The zero-order valence-corrected chi connectivity index (χ0v) is 22.1. The number of rotatable bonds is 7. The van der Waals surface area contributed by atoms with Crippen LogP contribution in [0.3, 0.4) is 0 Å². The molecule has 4 rings (SSSR count). The first-order chi connectivity index (χ1) is 19.0. The summed E-state index contributed by atoms with van der Waals surface area (Å²) in [7, 11) is -4.65. The molecule has 2 aromatic carbocycles. The number of carbonyl (C=O) groups is 1. The Hall–Kier alpha value is -4.09. The maximum Gasteiger partial charge on any atom is 0.427 e. The van der Waals surface area contributed by atoms with Crippen molar-refractivity contribution in [2.45, 2.75) is 55.6 Å². The summed E-state index contributed by atoms with van der Waals surface area (Å²) in [6.45, 7) is 0.926. The molecule has 0 fully saturated rings. The normalized spacial score (nSPS) is 16.1. The van der Waals surface area contributed by atoms with Gasteiger partial charge in [0.1, 0.15) is 11.9 Å². The number of aromatic nitrogens is 4. The number of amides is 1. The number of aryl methyl sites for hydroxylation is 1. The van der Waals surface area contributed by atoms with Crippen LogP contribution < -0.4 is 14.4 Å². The first-order valence-corrected chi connectivity index (χ1v) is 13.2. The zero-order valence-electron chi connectivity index (χ0n) is 21.2. The van der Waals surface area contributed by atoms with E-state index >= 15 is 0 Å². The van der Waals surface area contributed by atoms with E-state index < -0.39 is 50.6 Å². The van der Waals surface area contributed by atoms with Crippen LogP contribution in [0.4, 0.5) is 42.5 Å². The Labute approximate surface area is 228 Å². The van der Waals surface area contributed by atoms with Gasteiger partial charge < -0.3 is 9.47 Å². The number of anilines is 2. The summed E-state index contributed by atoms with van der Waals surface area (Å²) in [4.78, 5) is 11.5. The minimum absolute atomic E-state index is 0.0144. The van der Waals surface area contributed by atoms with E-state index in [1.54, 1.807) is 0 Å². The Morgan fingerprint density at radius 2 is 1.88 bits per heavy atom. The van der Waals surface area contributed by atoms with E-state index in [9.17, 15) is 39.6 Å². The summed E-state index contributed by atoms with van der Waals surface area (Å²) in [5, 5.41) is 15.4. The van der Waals surface area contributed by atoms with Gasteiger partial charge in [0.15, 0.2) is 5.82 Å². The second-order valence-corrected chi connectivity index (χ2v) is 11.2. The van der Waals surface area contributed by atoms with Crippen LogP contribution in [0.2, 0.25) is 0 Å². The number of hydrogen-bond acceptors (Lipinski definition) is 8. The number of halogens is 6. The standard InChI is InChI=1S/C23H22F6N6O5S/c1-21(2,23(27,28)29)40-20(36)30-14-6-8-18-17(11-14)35(12-15(39-18)7-9-19-31-33-34-32-19)41(37,38)16-5-3-4-13(10-16)22(24,25)26/h3-6,8,10-11,15H,7,9,12H2,1-2H3,(H,30,36)(H,31,32,33,34). The number of sulfonamides is 1. The van der Waals surface area contributed by atoms with Crippen LogP contribution in [-0.4, -0.2) is 59.6 Å². The molecule has 0 bridgehead atoms. The fourth-order valence-electron chi connectivity index (χ4n) is 3.74. The molecule has 222 valence electrons. The lowest BCUT2D eigenvalue weighted by molar-refractivity contribution is -0.242. The van der Waals surface area contributed by atoms with Crippen molar-refractivity contribution >= 4 is 27.5 Å². The number of alkyl halides is 6. The Morgan fingerprint density at radius 1 is 1.15 bits per heavy atom. The van der Waals surface area contributed by atoms with E-state index in [0.29, 0.717) is 25.7 Å². The molecule has 0 saturated heterocycles. The lowest BCUT2D eigenvalue weighted by Crippen LogP contribution is -2.44. The number of ether oxygens (including phenoxy) is 2. The molecule has 0 spiro atoms. The van der Waals surface area contributed by atoms with Crippen LogP contribution in [0, 0.1) is 0 Å². The highest BCUT2D eigenvalue weighted by atomic mass is 32.2. The fourth-order valence-corrected chi connectivity index (χ4v) is 5.28. The lowest BCUT2D eigenvalue weighted by atomic mass is 10.1. The van der Waals surface area contributed by atoms with E-state index in [1.165, 1.54) is 12.1 Å². The first kappa shape index (κ1) is 29.9. The third kappa shape index (κ3) is 6.63. The van der Waals surface area contributed by atoms with Crippen LogP contribution in [0.15, 0.2) is 47.4 Å². The maximum absolute atomic E-state index is 13.7. The molecule has 1 aliphatic heterocycles. The van der Waals surface area contributed by atoms with Crippen molar-refractivity contribution in [3.63, 3.8) is 0 Å². The molecule has 0 saturated carbocycles. The quantitative estimate of drug-likeness (QED) is 0.368. The topological polar surface area (TPSA) is 139 Å². The number of tetrazole rings is 1. The summed E-state index contributed by atoms with van der Waals surface area (Å²) in [5.41, 5.74) is -4.36. The Bertz CT molecular complexity index is 1510. The van der Waals surface area contributed by atoms with Gasteiger partial charge in [-0.05, 0) is 56.7 Å². The van der Waals surface area contributed by atoms with Crippen LogP contribution in [0.25, 0.3) is 0 Å². The van der Waals surface area contributed by atoms with Crippen LogP contribution in [0.1, 0.15) is 31.7 Å². The second-order valence-electron chi connectivity index (χ2n) is 9.37. The van der Waals surface area contributed by atoms with E-state index in [4.69, 9.17) is 4.74 Å². The summed E-state index contributed by atoms with van der Waals surface area (Å²) >= 11 is 0. The SMILES string of the molecule is CC(C)(OC(=O)Nc1ccc2c(c1)N(S(=O)(=O)c1cccc(C(F)(F)F)c1)CC(CCc1nn[nH]n1)O2)C(F)(F)F. The van der Waals surface area contributed by atoms with Gasteiger partial charge >= 0.3 is 18.4 Å². The number of hydrogen-bond donors (Lipinski definition) is 2. The summed E-state index contributed by atoms with van der Waals surface area (Å²) in [5.74, 6) is 0.297. The van der Waals surface area contributed by atoms with Crippen molar-refractivity contribution in [3.8, 4) is 5.75 Å². The summed E-state index contributed by atoms with van der Waals surface area (Å²) in [6, 6.07) is 6.73. The van der Waals surface area contributed by atoms with Crippen LogP contribution >= 0.6 is 0 Å². The van der Waals surface area contributed by atoms with E-state index in [0.717, 1.165) is 28.6 Å². The minimum atomic E-state index is -4.87. The van der Waals surface area contributed by atoms with Gasteiger partial charge in [0.25, 0.3) is 10.0 Å². The van der Waals surface area contributed by atoms with Gasteiger partial charge in [-0.25, -0.2) is 13.2 Å². The molecule has 1 amide bonds. The molecule has 41 heavy (non-hydrogen) atoms. The van der Waals surface area contributed by atoms with Gasteiger partial charge in [-0.3, -0.25) is 9.62 Å². The van der Waals surface area contributed by atoms with Gasteiger partial charge in [0.2, 0.25) is 5.60 Å². The van der Waals surface area contributed by atoms with Crippen molar-refractivity contribution in [2.24, 2.45) is 0 Å². The Morgan fingerprint density at radius 3 is 2.51 bits per heavy atom. The molecule has 1 aliphatic rings. The number of nitrogens with one attached hydrogen (secondary N) is 2. The monoisotopic (exact) mass is 608 g/mol. The molecule has 2 heterocycles. The molecule has 0 aliphatic carbocycles. The fraction of sp³-hybridized carbons (Fsp3) is 0.391. The molecule has 0 radical (unpaired) electrons. The molecular formula is C23H22F6N6O5S. The van der Waals surface area contributed by atoms with Crippen molar-refractivity contribution < 1.29 is 49.0 Å². The molecule has 3 aromatic rings. The Balaban J connectivity index is 1.68. The average Bonchev–Trinajstić information content (AvgIpc) is 3.39. The predicted molar refractivity (Wildman–Crippen MR) is 130 cm³/mol. The Kier molecular flexibility index (Phi) is 7.81. The molecule has 1 aromatic heterocycles. The van der Waals surface area contributed by atoms with E-state index in [1.807, 2.05) is 0 Å². The van der Waals surface area contributed by atoms with Crippen LogP contribution in [-0.2, 0) is 27.4 Å². The second kappa shape index (κ2) is 10.7. The lowest BCUT2D eigenvalue weighted by Gasteiger charge is -2.36. The molecule has 11 nitrogen and oxygen atoms in total. The summed E-state index contributed by atoms with van der Waals surface area (Å²) < 4.78 is 118. The molecule has 18 heteroatoms. The number of carbonyl (C=O) groups excluding carboxylic acids is 1. The smallest absolute Gasteiger partial charge is 0.427 e. The predicted octanol–water partition coefficient (Wildman–Crippen LogP) is 4.70. The van der Waals surface area contributed by atoms with Crippen molar-refractivity contribution in [1.29, 1.82) is 0 Å². The van der Waals surface area contributed by atoms with Gasteiger partial charge in [-0.15, -0.1) is 10.2 Å². The molecular weight excluding hydrogens is 586 g/mol.